The van der Waals surface area contributed by atoms with Gasteiger partial charge in [-0.05, 0) is 70.4 Å². The Balaban J connectivity index is 1.74. The van der Waals surface area contributed by atoms with Gasteiger partial charge in [-0.15, -0.1) is 0 Å². The van der Waals surface area contributed by atoms with Crippen LogP contribution in [0.4, 0.5) is 0 Å². The predicted octanol–water partition coefficient (Wildman–Crippen LogP) is 5.94. The summed E-state index contributed by atoms with van der Waals surface area (Å²) in [5.41, 5.74) is 12.2. The SMILES string of the molecule is C/C(=C\N)C(NCc1ccc(C#N)cc1)c1ccc(C#N)c(-c2cccc3ccccc23)c1. The highest BCUT2D eigenvalue weighted by molar-refractivity contribution is 5.97. The van der Waals surface area contributed by atoms with Gasteiger partial charge in [0.15, 0.2) is 0 Å². The van der Waals surface area contributed by atoms with Gasteiger partial charge in [-0.3, -0.25) is 0 Å². The largest absolute Gasteiger partial charge is 0.405 e. The summed E-state index contributed by atoms with van der Waals surface area (Å²) in [5.74, 6) is 0. The third-order valence-corrected chi connectivity index (χ3v) is 5.89. The van der Waals surface area contributed by atoms with Gasteiger partial charge < -0.3 is 11.1 Å². The molecular weight excluding hydrogens is 404 g/mol. The van der Waals surface area contributed by atoms with Crippen molar-refractivity contribution < 1.29 is 0 Å². The Bertz CT molecular complexity index is 1400. The second-order valence-corrected chi connectivity index (χ2v) is 7.98. The molecule has 0 saturated heterocycles. The van der Waals surface area contributed by atoms with E-state index in [1.54, 1.807) is 6.20 Å². The first kappa shape index (κ1) is 21.8. The summed E-state index contributed by atoms with van der Waals surface area (Å²) in [6.45, 7) is 2.61. The minimum absolute atomic E-state index is 0.118. The number of nitrogens with one attached hydrogen (secondary N) is 1. The molecule has 33 heavy (non-hydrogen) atoms. The molecule has 4 nitrogen and oxygen atoms in total. The summed E-state index contributed by atoms with van der Waals surface area (Å²) in [6, 6.07) is 32.2. The molecule has 0 fully saturated rings. The van der Waals surface area contributed by atoms with Crippen molar-refractivity contribution in [2.24, 2.45) is 5.73 Å². The molecule has 4 heteroatoms. The molecule has 0 bridgehead atoms. The van der Waals surface area contributed by atoms with Crippen LogP contribution < -0.4 is 11.1 Å². The molecule has 1 atom stereocenters. The zero-order chi connectivity index (χ0) is 23.2. The van der Waals surface area contributed by atoms with E-state index in [4.69, 9.17) is 11.0 Å². The van der Waals surface area contributed by atoms with Crippen LogP contribution >= 0.6 is 0 Å². The molecule has 0 spiro atoms. The van der Waals surface area contributed by atoms with Gasteiger partial charge in [0.2, 0.25) is 0 Å². The summed E-state index contributed by atoms with van der Waals surface area (Å²) >= 11 is 0. The lowest BCUT2D eigenvalue weighted by molar-refractivity contribution is 0.594. The molecular formula is C29H24N4. The molecule has 0 radical (unpaired) electrons. The van der Waals surface area contributed by atoms with Crippen molar-refractivity contribution in [2.45, 2.75) is 19.5 Å². The third-order valence-electron chi connectivity index (χ3n) is 5.89. The van der Waals surface area contributed by atoms with E-state index < -0.39 is 0 Å². The highest BCUT2D eigenvalue weighted by Crippen LogP contribution is 2.34. The first-order chi connectivity index (χ1) is 16.1. The maximum Gasteiger partial charge on any atom is 0.0998 e. The molecule has 0 aliphatic rings. The van der Waals surface area contributed by atoms with Crippen LogP contribution in [0.1, 0.15) is 35.2 Å². The van der Waals surface area contributed by atoms with Crippen molar-refractivity contribution in [1.82, 2.24) is 5.32 Å². The Morgan fingerprint density at radius 1 is 0.909 bits per heavy atom. The fourth-order valence-electron chi connectivity index (χ4n) is 4.08. The Morgan fingerprint density at radius 3 is 2.39 bits per heavy atom. The van der Waals surface area contributed by atoms with Crippen LogP contribution in [0.25, 0.3) is 21.9 Å². The summed E-state index contributed by atoms with van der Waals surface area (Å²) in [5, 5.41) is 24.7. The number of nitriles is 2. The molecule has 0 saturated carbocycles. The number of hydrogen-bond donors (Lipinski definition) is 2. The van der Waals surface area contributed by atoms with Gasteiger partial charge in [-0.1, -0.05) is 60.7 Å². The predicted molar refractivity (Wildman–Crippen MR) is 133 cm³/mol. The quantitative estimate of drug-likeness (QED) is 0.398. The normalized spacial score (nSPS) is 12.2. The average Bonchev–Trinajstić information content (AvgIpc) is 2.88. The second-order valence-electron chi connectivity index (χ2n) is 7.98. The summed E-state index contributed by atoms with van der Waals surface area (Å²) in [7, 11) is 0. The second kappa shape index (κ2) is 9.83. The number of benzene rings is 4. The Morgan fingerprint density at radius 2 is 1.67 bits per heavy atom. The first-order valence-electron chi connectivity index (χ1n) is 10.8. The van der Waals surface area contributed by atoms with Crippen LogP contribution in [0.5, 0.6) is 0 Å². The van der Waals surface area contributed by atoms with Crippen molar-refractivity contribution in [3.8, 4) is 23.3 Å². The van der Waals surface area contributed by atoms with Gasteiger partial charge in [0.05, 0.1) is 29.3 Å². The van der Waals surface area contributed by atoms with Crippen LogP contribution in [-0.4, -0.2) is 0 Å². The molecule has 0 amide bonds. The van der Waals surface area contributed by atoms with Crippen LogP contribution in [0.2, 0.25) is 0 Å². The third kappa shape index (κ3) is 4.62. The summed E-state index contributed by atoms with van der Waals surface area (Å²) < 4.78 is 0. The minimum Gasteiger partial charge on any atom is -0.405 e. The average molecular weight is 429 g/mol. The van der Waals surface area contributed by atoms with E-state index in [2.05, 4.69) is 47.8 Å². The fraction of sp³-hybridized carbons (Fsp3) is 0.103. The van der Waals surface area contributed by atoms with E-state index in [1.165, 1.54) is 0 Å². The summed E-state index contributed by atoms with van der Waals surface area (Å²) in [4.78, 5) is 0. The van der Waals surface area contributed by atoms with Crippen molar-refractivity contribution >= 4 is 10.8 Å². The molecule has 1 unspecified atom stereocenters. The molecule has 0 heterocycles. The maximum absolute atomic E-state index is 9.81. The monoisotopic (exact) mass is 428 g/mol. The van der Waals surface area contributed by atoms with E-state index in [0.29, 0.717) is 17.7 Å². The summed E-state index contributed by atoms with van der Waals surface area (Å²) in [6.07, 6.45) is 1.62. The van der Waals surface area contributed by atoms with Gasteiger partial charge >= 0.3 is 0 Å². The topological polar surface area (TPSA) is 85.6 Å². The van der Waals surface area contributed by atoms with Gasteiger partial charge in [0.25, 0.3) is 0 Å². The van der Waals surface area contributed by atoms with Crippen molar-refractivity contribution in [3.63, 3.8) is 0 Å². The van der Waals surface area contributed by atoms with E-state index >= 15 is 0 Å². The van der Waals surface area contributed by atoms with E-state index in [9.17, 15) is 5.26 Å². The van der Waals surface area contributed by atoms with Gasteiger partial charge in [-0.2, -0.15) is 10.5 Å². The zero-order valence-electron chi connectivity index (χ0n) is 18.4. The minimum atomic E-state index is -0.118. The molecule has 160 valence electrons. The number of fused-ring (bicyclic) bond motifs is 1. The highest BCUT2D eigenvalue weighted by atomic mass is 14.9. The Labute approximate surface area is 194 Å². The number of nitrogens with zero attached hydrogens (tertiary/aromatic N) is 2. The molecule has 4 aromatic carbocycles. The van der Waals surface area contributed by atoms with E-state index in [0.717, 1.165) is 38.6 Å². The lowest BCUT2D eigenvalue weighted by Gasteiger charge is -2.22. The number of rotatable bonds is 6. The first-order valence-corrected chi connectivity index (χ1v) is 10.8. The smallest absolute Gasteiger partial charge is 0.0998 e. The lowest BCUT2D eigenvalue weighted by Crippen LogP contribution is -2.22. The Kier molecular flexibility index (Phi) is 6.51. The van der Waals surface area contributed by atoms with Gasteiger partial charge in [0.1, 0.15) is 0 Å². The molecule has 3 N–H and O–H groups in total. The van der Waals surface area contributed by atoms with Crippen LogP contribution in [0.3, 0.4) is 0 Å². The maximum atomic E-state index is 9.81. The van der Waals surface area contributed by atoms with Crippen molar-refractivity contribution in [1.29, 1.82) is 10.5 Å². The Hall–Kier alpha value is -4.38. The van der Waals surface area contributed by atoms with Crippen molar-refractivity contribution in [3.05, 3.63) is 119 Å². The van der Waals surface area contributed by atoms with E-state index in [1.807, 2.05) is 61.5 Å². The highest BCUT2D eigenvalue weighted by Gasteiger charge is 2.17. The number of hydrogen-bond acceptors (Lipinski definition) is 4. The molecule has 0 aliphatic heterocycles. The van der Waals surface area contributed by atoms with Crippen LogP contribution in [0.15, 0.2) is 96.7 Å². The molecule has 0 aromatic heterocycles. The lowest BCUT2D eigenvalue weighted by atomic mass is 9.90. The molecule has 4 aromatic rings. The number of nitrogens with two attached hydrogens (primary N) is 1. The van der Waals surface area contributed by atoms with Crippen molar-refractivity contribution in [2.75, 3.05) is 0 Å². The molecule has 4 rings (SSSR count). The molecule has 0 aliphatic carbocycles. The van der Waals surface area contributed by atoms with Crippen LogP contribution in [0, 0.1) is 22.7 Å². The van der Waals surface area contributed by atoms with Gasteiger partial charge in [-0.25, -0.2) is 0 Å². The fourth-order valence-corrected chi connectivity index (χ4v) is 4.08. The van der Waals surface area contributed by atoms with Gasteiger partial charge in [0, 0.05) is 12.1 Å². The zero-order valence-corrected chi connectivity index (χ0v) is 18.4. The standard InChI is InChI=1S/C29H24N4/c1-20(16-30)29(33-19-22-11-9-21(17-31)10-12-22)24-13-14-25(18-32)28(15-24)27-8-4-6-23-5-2-3-7-26(23)27/h2-16,29,33H,19,30H2,1H3/b20-16+. The van der Waals surface area contributed by atoms with E-state index in [-0.39, 0.29) is 6.04 Å². The van der Waals surface area contributed by atoms with Crippen LogP contribution in [-0.2, 0) is 6.54 Å².